The summed E-state index contributed by atoms with van der Waals surface area (Å²) in [5, 5.41) is 9.16. The smallest absolute Gasteiger partial charge is 0.237 e. The molecule has 0 saturated heterocycles. The molecule has 1 aromatic heterocycles. The summed E-state index contributed by atoms with van der Waals surface area (Å²) in [6, 6.07) is 7.61. The highest BCUT2D eigenvalue weighted by Crippen LogP contribution is 2.30. The van der Waals surface area contributed by atoms with E-state index in [1.165, 1.54) is 0 Å². The summed E-state index contributed by atoms with van der Waals surface area (Å²) >= 11 is 0. The summed E-state index contributed by atoms with van der Waals surface area (Å²) in [7, 11) is 0. The minimum Gasteiger partial charge on any atom is -0.437 e. The Morgan fingerprint density at radius 1 is 1.16 bits per heavy atom. The minimum atomic E-state index is 0.328. The molecule has 0 radical (unpaired) electrons. The van der Waals surface area contributed by atoms with Crippen molar-refractivity contribution in [1.29, 1.82) is 5.26 Å². The van der Waals surface area contributed by atoms with Crippen molar-refractivity contribution in [2.45, 2.75) is 20.8 Å². The van der Waals surface area contributed by atoms with Crippen molar-refractivity contribution in [3.05, 3.63) is 46.6 Å². The fourth-order valence-corrected chi connectivity index (χ4v) is 1.77. The molecule has 0 aliphatic carbocycles. The van der Waals surface area contributed by atoms with Gasteiger partial charge >= 0.3 is 0 Å². The topological polar surface area (TPSA) is 71.9 Å². The van der Waals surface area contributed by atoms with Gasteiger partial charge in [0.2, 0.25) is 5.88 Å². The highest BCUT2D eigenvalue weighted by Gasteiger charge is 2.11. The average molecular weight is 253 g/mol. The summed E-state index contributed by atoms with van der Waals surface area (Å²) in [6.07, 6.45) is 1.63. The van der Waals surface area contributed by atoms with Gasteiger partial charge in [0, 0.05) is 11.9 Å². The van der Waals surface area contributed by atoms with Crippen LogP contribution >= 0.6 is 0 Å². The molecular formula is C15H15N3O. The summed E-state index contributed by atoms with van der Waals surface area (Å²) in [6.45, 7) is 5.68. The molecule has 0 atom stereocenters. The van der Waals surface area contributed by atoms with Gasteiger partial charge in [-0.1, -0.05) is 0 Å². The molecule has 0 fully saturated rings. The standard InChI is InChI=1S/C15H15N3O/c1-9-4-5-18-15(12(9)8-16)19-14-7-10(2)13(17)6-11(14)3/h4-7H,17H2,1-3H3. The van der Waals surface area contributed by atoms with Gasteiger partial charge in [-0.2, -0.15) is 5.26 Å². The number of anilines is 1. The van der Waals surface area contributed by atoms with E-state index < -0.39 is 0 Å². The maximum atomic E-state index is 9.16. The molecule has 1 aromatic carbocycles. The van der Waals surface area contributed by atoms with Gasteiger partial charge < -0.3 is 10.5 Å². The van der Waals surface area contributed by atoms with Gasteiger partial charge in [0.15, 0.2) is 0 Å². The molecule has 96 valence electrons. The Balaban J connectivity index is 2.45. The van der Waals surface area contributed by atoms with Crippen molar-refractivity contribution in [3.8, 4) is 17.7 Å². The molecule has 0 bridgehead atoms. The SMILES string of the molecule is Cc1cc(Oc2nccc(C)c2C#N)c(C)cc1N. The lowest BCUT2D eigenvalue weighted by atomic mass is 10.1. The van der Waals surface area contributed by atoms with E-state index in [1.807, 2.05) is 32.9 Å². The number of nitrogens with zero attached hydrogens (tertiary/aromatic N) is 2. The third-order valence-corrected chi connectivity index (χ3v) is 3.01. The van der Waals surface area contributed by atoms with E-state index in [2.05, 4.69) is 11.1 Å². The van der Waals surface area contributed by atoms with Crippen LogP contribution in [0.1, 0.15) is 22.3 Å². The number of hydrogen-bond acceptors (Lipinski definition) is 4. The molecule has 0 spiro atoms. The first kappa shape index (κ1) is 12.9. The minimum absolute atomic E-state index is 0.328. The van der Waals surface area contributed by atoms with E-state index in [4.69, 9.17) is 15.7 Å². The maximum absolute atomic E-state index is 9.16. The predicted molar refractivity (Wildman–Crippen MR) is 74.1 cm³/mol. The zero-order chi connectivity index (χ0) is 14.0. The quantitative estimate of drug-likeness (QED) is 0.834. The second-order valence-corrected chi connectivity index (χ2v) is 4.50. The molecule has 4 nitrogen and oxygen atoms in total. The molecular weight excluding hydrogens is 238 g/mol. The number of pyridine rings is 1. The lowest BCUT2D eigenvalue weighted by molar-refractivity contribution is 0.457. The molecule has 19 heavy (non-hydrogen) atoms. The third-order valence-electron chi connectivity index (χ3n) is 3.01. The number of nitrogens with two attached hydrogens (primary N) is 1. The van der Waals surface area contributed by atoms with Crippen LogP contribution in [-0.4, -0.2) is 4.98 Å². The van der Waals surface area contributed by atoms with Crippen LogP contribution in [0.5, 0.6) is 11.6 Å². The zero-order valence-corrected chi connectivity index (χ0v) is 11.2. The lowest BCUT2D eigenvalue weighted by Crippen LogP contribution is -1.98. The van der Waals surface area contributed by atoms with Crippen LogP contribution in [0.15, 0.2) is 24.4 Å². The van der Waals surface area contributed by atoms with Gasteiger partial charge in [0.25, 0.3) is 0 Å². The Hall–Kier alpha value is -2.54. The van der Waals surface area contributed by atoms with Crippen molar-refractivity contribution in [1.82, 2.24) is 4.98 Å². The van der Waals surface area contributed by atoms with Crippen LogP contribution in [0.4, 0.5) is 5.69 Å². The number of aromatic nitrogens is 1. The Labute approximate surface area is 112 Å². The van der Waals surface area contributed by atoms with Crippen LogP contribution in [0.2, 0.25) is 0 Å². The maximum Gasteiger partial charge on any atom is 0.237 e. The predicted octanol–water partition coefficient (Wildman–Crippen LogP) is 3.25. The van der Waals surface area contributed by atoms with Crippen LogP contribution in [-0.2, 0) is 0 Å². The van der Waals surface area contributed by atoms with E-state index >= 15 is 0 Å². The van der Waals surface area contributed by atoms with Crippen molar-refractivity contribution in [3.63, 3.8) is 0 Å². The molecule has 2 aromatic rings. The number of ether oxygens (including phenoxy) is 1. The van der Waals surface area contributed by atoms with Crippen molar-refractivity contribution in [2.75, 3.05) is 5.73 Å². The summed E-state index contributed by atoms with van der Waals surface area (Å²) < 4.78 is 5.76. The first-order valence-electron chi connectivity index (χ1n) is 5.93. The Morgan fingerprint density at radius 2 is 1.89 bits per heavy atom. The monoisotopic (exact) mass is 253 g/mol. The van der Waals surface area contributed by atoms with Crippen molar-refractivity contribution in [2.24, 2.45) is 0 Å². The zero-order valence-electron chi connectivity index (χ0n) is 11.2. The van der Waals surface area contributed by atoms with Crippen LogP contribution < -0.4 is 10.5 Å². The van der Waals surface area contributed by atoms with E-state index in [-0.39, 0.29) is 0 Å². The highest BCUT2D eigenvalue weighted by atomic mass is 16.5. The van der Waals surface area contributed by atoms with Gasteiger partial charge in [-0.25, -0.2) is 4.98 Å². The second kappa shape index (κ2) is 4.99. The fraction of sp³-hybridized carbons (Fsp3) is 0.200. The number of nitrogen functional groups attached to an aromatic ring is 1. The van der Waals surface area contributed by atoms with Crippen LogP contribution in [0.25, 0.3) is 0 Å². The first-order valence-corrected chi connectivity index (χ1v) is 5.93. The fourth-order valence-electron chi connectivity index (χ4n) is 1.77. The average Bonchev–Trinajstić information content (AvgIpc) is 2.36. The number of hydrogen-bond donors (Lipinski definition) is 1. The largest absolute Gasteiger partial charge is 0.437 e. The number of rotatable bonds is 2. The number of benzene rings is 1. The third kappa shape index (κ3) is 2.50. The van der Waals surface area contributed by atoms with E-state index in [0.717, 1.165) is 22.4 Å². The highest BCUT2D eigenvalue weighted by molar-refractivity contribution is 5.55. The van der Waals surface area contributed by atoms with E-state index in [0.29, 0.717) is 17.2 Å². The molecule has 0 amide bonds. The molecule has 2 N–H and O–H groups in total. The molecule has 2 rings (SSSR count). The molecule has 0 saturated carbocycles. The van der Waals surface area contributed by atoms with Gasteiger partial charge in [0.1, 0.15) is 17.4 Å². The Kier molecular flexibility index (Phi) is 3.39. The summed E-state index contributed by atoms with van der Waals surface area (Å²) in [5.41, 5.74) is 9.71. The number of nitriles is 1. The Bertz CT molecular complexity index is 672. The molecule has 1 heterocycles. The summed E-state index contributed by atoms with van der Waals surface area (Å²) in [4.78, 5) is 4.12. The molecule has 0 unspecified atom stereocenters. The van der Waals surface area contributed by atoms with Crippen molar-refractivity contribution >= 4 is 5.69 Å². The van der Waals surface area contributed by atoms with Gasteiger partial charge in [0.05, 0.1) is 0 Å². The normalized spacial score (nSPS) is 10.0. The summed E-state index contributed by atoms with van der Waals surface area (Å²) in [5.74, 6) is 0.996. The van der Waals surface area contributed by atoms with E-state index in [1.54, 1.807) is 12.3 Å². The van der Waals surface area contributed by atoms with Crippen molar-refractivity contribution < 1.29 is 4.74 Å². The number of aryl methyl sites for hydroxylation is 3. The molecule has 0 aliphatic rings. The Morgan fingerprint density at radius 3 is 2.58 bits per heavy atom. The van der Waals surface area contributed by atoms with Crippen LogP contribution in [0, 0.1) is 32.1 Å². The lowest BCUT2D eigenvalue weighted by Gasteiger charge is -2.12. The van der Waals surface area contributed by atoms with E-state index in [9.17, 15) is 0 Å². The molecule has 4 heteroatoms. The second-order valence-electron chi connectivity index (χ2n) is 4.50. The van der Waals surface area contributed by atoms with Gasteiger partial charge in [-0.05, 0) is 55.7 Å². The molecule has 0 aliphatic heterocycles. The van der Waals surface area contributed by atoms with Gasteiger partial charge in [-0.15, -0.1) is 0 Å². The van der Waals surface area contributed by atoms with Crippen LogP contribution in [0.3, 0.4) is 0 Å². The van der Waals surface area contributed by atoms with Gasteiger partial charge in [-0.3, -0.25) is 0 Å². The first-order chi connectivity index (χ1) is 9.02.